The van der Waals surface area contributed by atoms with Crippen LogP contribution < -0.4 is 0 Å². The van der Waals surface area contributed by atoms with Crippen LogP contribution in [0.1, 0.15) is 19.3 Å². The van der Waals surface area contributed by atoms with Gasteiger partial charge in [0.15, 0.2) is 0 Å². The van der Waals surface area contributed by atoms with Gasteiger partial charge in [-0.1, -0.05) is 12.2 Å². The second-order valence-corrected chi connectivity index (χ2v) is 2.63. The summed E-state index contributed by atoms with van der Waals surface area (Å²) in [6, 6.07) is 4.04. The molecule has 0 saturated carbocycles. The van der Waals surface area contributed by atoms with Gasteiger partial charge in [0.1, 0.15) is 5.41 Å². The molecule has 0 atom stereocenters. The van der Waals surface area contributed by atoms with Gasteiger partial charge in [-0.05, 0) is 19.3 Å². The van der Waals surface area contributed by atoms with E-state index in [1.807, 2.05) is 12.1 Å². The van der Waals surface area contributed by atoms with Crippen molar-refractivity contribution in [1.29, 1.82) is 10.5 Å². The molecule has 0 N–H and O–H groups in total. The van der Waals surface area contributed by atoms with Crippen LogP contribution in [0.5, 0.6) is 0 Å². The van der Waals surface area contributed by atoms with Crippen molar-refractivity contribution < 1.29 is 0 Å². The van der Waals surface area contributed by atoms with Gasteiger partial charge >= 0.3 is 0 Å². The molecule has 0 aliphatic carbocycles. The largest absolute Gasteiger partial charge is 0.197 e. The van der Waals surface area contributed by atoms with E-state index in [0.29, 0.717) is 19.3 Å². The average molecular weight is 160 g/mol. The summed E-state index contributed by atoms with van der Waals surface area (Å²) in [4.78, 5) is 0. The number of rotatable bonds is 5. The van der Waals surface area contributed by atoms with Crippen molar-refractivity contribution in [3.63, 3.8) is 0 Å². The summed E-state index contributed by atoms with van der Waals surface area (Å²) in [7, 11) is 0. The van der Waals surface area contributed by atoms with E-state index in [1.165, 1.54) is 0 Å². The molecule has 12 heavy (non-hydrogen) atoms. The highest BCUT2D eigenvalue weighted by molar-refractivity contribution is 5.15. The predicted octanol–water partition coefficient (Wildman–Crippen LogP) is 2.56. The lowest BCUT2D eigenvalue weighted by Crippen LogP contribution is -2.14. The summed E-state index contributed by atoms with van der Waals surface area (Å²) >= 11 is 0. The van der Waals surface area contributed by atoms with Crippen molar-refractivity contribution in [3.05, 3.63) is 25.3 Å². The van der Waals surface area contributed by atoms with Gasteiger partial charge in [-0.2, -0.15) is 10.5 Å². The van der Waals surface area contributed by atoms with Crippen molar-refractivity contribution in [3.8, 4) is 12.1 Å². The third-order valence-electron chi connectivity index (χ3n) is 1.70. The number of hydrogen-bond acceptors (Lipinski definition) is 2. The number of allylic oxidation sites excluding steroid dienone is 2. The lowest BCUT2D eigenvalue weighted by molar-refractivity contribution is 0.489. The van der Waals surface area contributed by atoms with Crippen LogP contribution in [-0.2, 0) is 0 Å². The fraction of sp³-hybridized carbons (Fsp3) is 0.400. The molecule has 0 amide bonds. The van der Waals surface area contributed by atoms with Crippen molar-refractivity contribution in [1.82, 2.24) is 0 Å². The van der Waals surface area contributed by atoms with Crippen molar-refractivity contribution in [2.24, 2.45) is 5.41 Å². The Bertz CT molecular complexity index is 226. The van der Waals surface area contributed by atoms with Crippen LogP contribution in [0.25, 0.3) is 0 Å². The van der Waals surface area contributed by atoms with E-state index in [0.717, 1.165) is 0 Å². The minimum absolute atomic E-state index is 0.424. The lowest BCUT2D eigenvalue weighted by atomic mass is 9.83. The van der Waals surface area contributed by atoms with Crippen LogP contribution in [0.2, 0.25) is 0 Å². The Morgan fingerprint density at radius 3 is 2.08 bits per heavy atom. The van der Waals surface area contributed by atoms with Gasteiger partial charge in [0.2, 0.25) is 0 Å². The molecule has 0 fully saturated rings. The molecule has 0 aromatic carbocycles. The first kappa shape index (κ1) is 10.5. The molecule has 0 aliphatic heterocycles. The van der Waals surface area contributed by atoms with E-state index < -0.39 is 5.41 Å². The molecule has 0 unspecified atom stereocenters. The molecule has 0 heterocycles. The second kappa shape index (κ2) is 5.16. The minimum Gasteiger partial charge on any atom is -0.197 e. The zero-order valence-corrected chi connectivity index (χ0v) is 7.08. The Kier molecular flexibility index (Phi) is 4.49. The van der Waals surface area contributed by atoms with E-state index in [2.05, 4.69) is 13.2 Å². The summed E-state index contributed by atoms with van der Waals surface area (Å²) in [5, 5.41) is 17.6. The number of hydrogen-bond donors (Lipinski definition) is 0. The Labute approximate surface area is 73.4 Å². The van der Waals surface area contributed by atoms with Crippen molar-refractivity contribution >= 4 is 0 Å². The Morgan fingerprint density at radius 2 is 1.75 bits per heavy atom. The van der Waals surface area contributed by atoms with Gasteiger partial charge in [-0.15, -0.1) is 13.2 Å². The molecule has 62 valence electrons. The van der Waals surface area contributed by atoms with Gasteiger partial charge in [0.05, 0.1) is 12.1 Å². The van der Waals surface area contributed by atoms with Gasteiger partial charge < -0.3 is 0 Å². The molecule has 0 saturated heterocycles. The van der Waals surface area contributed by atoms with Crippen LogP contribution >= 0.6 is 0 Å². The zero-order valence-electron chi connectivity index (χ0n) is 7.08. The SMILES string of the molecule is C=CCCC(C#N)(C#N)CC=C. The molecule has 2 heteroatoms. The molecule has 0 aliphatic rings. The highest BCUT2D eigenvalue weighted by atomic mass is 14.4. The van der Waals surface area contributed by atoms with Gasteiger partial charge in [-0.25, -0.2) is 0 Å². The monoisotopic (exact) mass is 160 g/mol. The molecular weight excluding hydrogens is 148 g/mol. The van der Waals surface area contributed by atoms with E-state index in [4.69, 9.17) is 10.5 Å². The first-order valence-electron chi connectivity index (χ1n) is 3.79. The maximum atomic E-state index is 8.78. The zero-order chi connectivity index (χ0) is 9.45. The van der Waals surface area contributed by atoms with Crippen LogP contribution in [0.15, 0.2) is 25.3 Å². The smallest absolute Gasteiger partial charge is 0.147 e. The standard InChI is InChI=1S/C10H12N2/c1-3-5-7-10(8-11,9-12)6-4-2/h3-4H,1-2,5-7H2. The summed E-state index contributed by atoms with van der Waals surface area (Å²) in [5.74, 6) is 0. The Hall–Kier alpha value is -1.54. The molecule has 0 spiro atoms. The molecule has 2 nitrogen and oxygen atoms in total. The Morgan fingerprint density at radius 1 is 1.17 bits per heavy atom. The lowest BCUT2D eigenvalue weighted by Gasteiger charge is -2.14. The summed E-state index contributed by atoms with van der Waals surface area (Å²) in [6.07, 6.45) is 4.97. The van der Waals surface area contributed by atoms with E-state index >= 15 is 0 Å². The quantitative estimate of drug-likeness (QED) is 0.580. The molecule has 0 aromatic heterocycles. The predicted molar refractivity (Wildman–Crippen MR) is 47.9 cm³/mol. The van der Waals surface area contributed by atoms with Gasteiger partial charge in [-0.3, -0.25) is 0 Å². The molecule has 0 rings (SSSR count). The van der Waals surface area contributed by atoms with Crippen molar-refractivity contribution in [2.75, 3.05) is 0 Å². The summed E-state index contributed by atoms with van der Waals surface area (Å²) in [5.41, 5.74) is -0.893. The molecule has 0 aromatic rings. The maximum Gasteiger partial charge on any atom is 0.147 e. The van der Waals surface area contributed by atoms with Crippen LogP contribution in [0.4, 0.5) is 0 Å². The highest BCUT2D eigenvalue weighted by Crippen LogP contribution is 2.26. The van der Waals surface area contributed by atoms with E-state index in [9.17, 15) is 0 Å². The maximum absolute atomic E-state index is 8.78. The molecule has 0 bridgehead atoms. The van der Waals surface area contributed by atoms with E-state index in [1.54, 1.807) is 12.2 Å². The fourth-order valence-electron chi connectivity index (χ4n) is 0.925. The van der Waals surface area contributed by atoms with Crippen LogP contribution in [-0.4, -0.2) is 0 Å². The fourth-order valence-corrected chi connectivity index (χ4v) is 0.925. The highest BCUT2D eigenvalue weighted by Gasteiger charge is 2.27. The first-order chi connectivity index (χ1) is 5.74. The topological polar surface area (TPSA) is 47.6 Å². The Balaban J connectivity index is 4.39. The van der Waals surface area contributed by atoms with Crippen LogP contribution in [0, 0.1) is 28.1 Å². The van der Waals surface area contributed by atoms with Crippen LogP contribution in [0.3, 0.4) is 0 Å². The van der Waals surface area contributed by atoms with Gasteiger partial charge in [0, 0.05) is 0 Å². The summed E-state index contributed by atoms with van der Waals surface area (Å²) in [6.45, 7) is 7.07. The number of nitriles is 2. The molecular formula is C10H12N2. The average Bonchev–Trinajstić information content (AvgIpc) is 2.13. The van der Waals surface area contributed by atoms with Crippen molar-refractivity contribution in [2.45, 2.75) is 19.3 Å². The summed E-state index contributed by atoms with van der Waals surface area (Å²) < 4.78 is 0. The van der Waals surface area contributed by atoms with Gasteiger partial charge in [0.25, 0.3) is 0 Å². The normalized spacial score (nSPS) is 9.50. The molecule has 0 radical (unpaired) electrons. The third-order valence-corrected chi connectivity index (χ3v) is 1.70. The minimum atomic E-state index is -0.893. The first-order valence-corrected chi connectivity index (χ1v) is 3.79. The third kappa shape index (κ3) is 2.60. The van der Waals surface area contributed by atoms with E-state index in [-0.39, 0.29) is 0 Å². The second-order valence-electron chi connectivity index (χ2n) is 2.63. The number of nitrogens with zero attached hydrogens (tertiary/aromatic N) is 2.